The Bertz CT molecular complexity index is 475. The largest absolute Gasteiger partial charge is 0.370 e. The average molecular weight is 282 g/mol. The van der Waals surface area contributed by atoms with Gasteiger partial charge in [0.25, 0.3) is 0 Å². The summed E-state index contributed by atoms with van der Waals surface area (Å²) in [6, 6.07) is 0. The zero-order valence-corrected chi connectivity index (χ0v) is 12.6. The van der Waals surface area contributed by atoms with Crippen LogP contribution in [0.2, 0.25) is 0 Å². The number of ether oxygens (including phenoxy) is 1. The molecule has 1 heterocycles. The first-order valence-corrected chi connectivity index (χ1v) is 7.69. The van der Waals surface area contributed by atoms with E-state index in [2.05, 4.69) is 36.4 Å². The van der Waals surface area contributed by atoms with E-state index in [1.165, 1.54) is 30.6 Å². The molecule has 3 N–H and O–H groups in total. The van der Waals surface area contributed by atoms with Crippen LogP contribution in [0.3, 0.4) is 0 Å². The predicted molar refractivity (Wildman–Crippen MR) is 75.5 cm³/mol. The SMILES string of the molecule is CC1(C)C2CCC1(C)C(OCc1nnc(NN)s1)C2. The van der Waals surface area contributed by atoms with Gasteiger partial charge in [0.2, 0.25) is 5.13 Å². The van der Waals surface area contributed by atoms with E-state index in [0.29, 0.717) is 28.7 Å². The number of nitrogens with two attached hydrogens (primary N) is 1. The molecule has 2 aliphatic rings. The predicted octanol–water partition coefficient (Wildman–Crippen LogP) is 2.56. The number of nitrogens with zero attached hydrogens (tertiary/aromatic N) is 2. The Morgan fingerprint density at radius 3 is 2.74 bits per heavy atom. The minimum absolute atomic E-state index is 0.303. The molecule has 0 amide bonds. The average Bonchev–Trinajstić information content (AvgIpc) is 2.97. The number of aromatic nitrogens is 2. The van der Waals surface area contributed by atoms with Crippen LogP contribution in [-0.2, 0) is 11.3 Å². The highest BCUT2D eigenvalue weighted by Crippen LogP contribution is 2.66. The molecule has 6 heteroatoms. The molecule has 3 unspecified atom stereocenters. The number of anilines is 1. The molecule has 2 bridgehead atoms. The van der Waals surface area contributed by atoms with Gasteiger partial charge >= 0.3 is 0 Å². The van der Waals surface area contributed by atoms with Crippen LogP contribution in [0.15, 0.2) is 0 Å². The lowest BCUT2D eigenvalue weighted by molar-refractivity contribution is -0.0552. The fourth-order valence-electron chi connectivity index (χ4n) is 3.92. The number of rotatable bonds is 4. The minimum Gasteiger partial charge on any atom is -0.370 e. The molecule has 0 aromatic carbocycles. The first kappa shape index (κ1) is 13.3. The van der Waals surface area contributed by atoms with Crippen LogP contribution in [0.25, 0.3) is 0 Å². The van der Waals surface area contributed by atoms with Crippen LogP contribution >= 0.6 is 11.3 Å². The summed E-state index contributed by atoms with van der Waals surface area (Å²) in [5, 5.41) is 9.52. The molecule has 1 aromatic heterocycles. The zero-order chi connectivity index (χ0) is 13.7. The Morgan fingerprint density at radius 1 is 1.42 bits per heavy atom. The molecule has 1 aromatic rings. The van der Waals surface area contributed by atoms with E-state index in [-0.39, 0.29) is 0 Å². The van der Waals surface area contributed by atoms with Crippen LogP contribution in [-0.4, -0.2) is 16.3 Å². The third-order valence-corrected chi connectivity index (χ3v) is 6.54. The summed E-state index contributed by atoms with van der Waals surface area (Å²) in [6.07, 6.45) is 4.16. The fourth-order valence-corrected chi connectivity index (χ4v) is 4.50. The molecular weight excluding hydrogens is 260 g/mol. The van der Waals surface area contributed by atoms with Crippen molar-refractivity contribution in [2.24, 2.45) is 22.6 Å². The second kappa shape index (κ2) is 4.40. The van der Waals surface area contributed by atoms with Gasteiger partial charge in [-0.1, -0.05) is 32.1 Å². The van der Waals surface area contributed by atoms with Crippen molar-refractivity contribution in [2.75, 3.05) is 5.43 Å². The van der Waals surface area contributed by atoms with Crippen molar-refractivity contribution in [3.8, 4) is 0 Å². The molecule has 0 aliphatic heterocycles. The van der Waals surface area contributed by atoms with E-state index in [1.54, 1.807) is 0 Å². The minimum atomic E-state index is 0.303. The third-order valence-electron chi connectivity index (χ3n) is 5.71. The van der Waals surface area contributed by atoms with Crippen LogP contribution in [0, 0.1) is 16.7 Å². The Labute approximate surface area is 117 Å². The first-order valence-electron chi connectivity index (χ1n) is 6.88. The number of hydrogen-bond acceptors (Lipinski definition) is 6. The highest BCUT2D eigenvalue weighted by atomic mass is 32.1. The van der Waals surface area contributed by atoms with Crippen LogP contribution in [0.1, 0.15) is 45.0 Å². The Kier molecular flexibility index (Phi) is 3.07. The van der Waals surface area contributed by atoms with Gasteiger partial charge in [-0.25, -0.2) is 5.84 Å². The van der Waals surface area contributed by atoms with Gasteiger partial charge in [-0.15, -0.1) is 10.2 Å². The van der Waals surface area contributed by atoms with Gasteiger partial charge < -0.3 is 4.74 Å². The smallest absolute Gasteiger partial charge is 0.219 e. The monoisotopic (exact) mass is 282 g/mol. The van der Waals surface area contributed by atoms with Gasteiger partial charge in [-0.2, -0.15) is 0 Å². The van der Waals surface area contributed by atoms with Gasteiger partial charge in [0.15, 0.2) is 0 Å². The maximum Gasteiger partial charge on any atom is 0.219 e. The summed E-state index contributed by atoms with van der Waals surface area (Å²) in [4.78, 5) is 0. The third kappa shape index (κ3) is 1.88. The number of nitrogen functional groups attached to an aromatic ring is 1. The molecule has 2 aliphatic carbocycles. The highest BCUT2D eigenvalue weighted by molar-refractivity contribution is 7.15. The first-order chi connectivity index (χ1) is 8.97. The molecule has 0 saturated heterocycles. The van der Waals surface area contributed by atoms with E-state index < -0.39 is 0 Å². The summed E-state index contributed by atoms with van der Waals surface area (Å²) in [6.45, 7) is 7.73. The van der Waals surface area contributed by atoms with Gasteiger partial charge in [-0.05, 0) is 36.0 Å². The zero-order valence-electron chi connectivity index (χ0n) is 11.8. The second-order valence-corrected chi connectivity index (χ2v) is 7.62. The Balaban J connectivity index is 1.66. The number of hydrazine groups is 1. The molecule has 3 rings (SSSR count). The quantitative estimate of drug-likeness (QED) is 0.656. The summed E-state index contributed by atoms with van der Waals surface area (Å²) in [7, 11) is 0. The molecule has 0 spiro atoms. The molecular formula is C13H22N4OS. The molecule has 2 saturated carbocycles. The van der Waals surface area contributed by atoms with Crippen molar-refractivity contribution in [3.05, 3.63) is 5.01 Å². The fraction of sp³-hybridized carbons (Fsp3) is 0.846. The van der Waals surface area contributed by atoms with Crippen molar-refractivity contribution in [2.45, 2.75) is 52.7 Å². The highest BCUT2D eigenvalue weighted by Gasteiger charge is 2.61. The molecule has 2 fully saturated rings. The van der Waals surface area contributed by atoms with E-state index in [9.17, 15) is 0 Å². The van der Waals surface area contributed by atoms with Crippen molar-refractivity contribution in [1.82, 2.24) is 10.2 Å². The van der Waals surface area contributed by atoms with Gasteiger partial charge in [-0.3, -0.25) is 5.43 Å². The van der Waals surface area contributed by atoms with Crippen molar-refractivity contribution in [3.63, 3.8) is 0 Å². The molecule has 3 atom stereocenters. The van der Waals surface area contributed by atoms with Gasteiger partial charge in [0.1, 0.15) is 11.6 Å². The summed E-state index contributed by atoms with van der Waals surface area (Å²) in [5.74, 6) is 6.11. The standard InChI is InChI=1S/C13H22N4OS/c1-12(2)8-4-5-13(12,3)9(6-8)18-7-10-16-17-11(15-14)19-10/h8-9H,4-7,14H2,1-3H3,(H,15,17). The number of fused-ring (bicyclic) bond motifs is 2. The van der Waals surface area contributed by atoms with Gasteiger partial charge in [0, 0.05) is 0 Å². The lowest BCUT2D eigenvalue weighted by Crippen LogP contribution is -2.37. The topological polar surface area (TPSA) is 73.1 Å². The second-order valence-electron chi connectivity index (χ2n) is 6.56. The number of hydrogen-bond donors (Lipinski definition) is 2. The van der Waals surface area contributed by atoms with Crippen LogP contribution < -0.4 is 11.3 Å². The van der Waals surface area contributed by atoms with Crippen LogP contribution in [0.5, 0.6) is 0 Å². The van der Waals surface area contributed by atoms with E-state index >= 15 is 0 Å². The summed E-state index contributed by atoms with van der Waals surface area (Å²) < 4.78 is 6.16. The molecule has 5 nitrogen and oxygen atoms in total. The molecule has 19 heavy (non-hydrogen) atoms. The lowest BCUT2D eigenvalue weighted by atomic mass is 9.70. The Morgan fingerprint density at radius 2 is 2.21 bits per heavy atom. The van der Waals surface area contributed by atoms with E-state index in [1.807, 2.05) is 0 Å². The van der Waals surface area contributed by atoms with Crippen LogP contribution in [0.4, 0.5) is 5.13 Å². The maximum atomic E-state index is 6.16. The molecule has 0 radical (unpaired) electrons. The van der Waals surface area contributed by atoms with Crippen molar-refractivity contribution in [1.29, 1.82) is 0 Å². The summed E-state index contributed by atoms with van der Waals surface area (Å²) >= 11 is 1.45. The van der Waals surface area contributed by atoms with Gasteiger partial charge in [0.05, 0.1) is 6.10 Å². The maximum absolute atomic E-state index is 6.16. The molecule has 106 valence electrons. The Hall–Kier alpha value is -0.720. The lowest BCUT2D eigenvalue weighted by Gasteiger charge is -2.38. The summed E-state index contributed by atoms with van der Waals surface area (Å²) in [5.41, 5.74) is 3.21. The van der Waals surface area contributed by atoms with E-state index in [4.69, 9.17) is 10.6 Å². The van der Waals surface area contributed by atoms with Crippen molar-refractivity contribution >= 4 is 16.5 Å². The number of nitrogens with one attached hydrogen (secondary N) is 1. The van der Waals surface area contributed by atoms with Crippen molar-refractivity contribution < 1.29 is 4.74 Å². The normalized spacial score (nSPS) is 35.8. The van der Waals surface area contributed by atoms with E-state index in [0.717, 1.165) is 10.9 Å².